The molecule has 10 heteroatoms. The molecule has 8 nitrogen and oxygen atoms in total. The Balaban J connectivity index is 1.89. The van der Waals surface area contributed by atoms with E-state index in [1.807, 2.05) is 0 Å². The van der Waals surface area contributed by atoms with Crippen LogP contribution in [0, 0.1) is 0 Å². The Morgan fingerprint density at radius 1 is 0.676 bits per heavy atom. The molecule has 3 rings (SSSR count). The van der Waals surface area contributed by atoms with Crippen LogP contribution in [-0.4, -0.2) is 41.1 Å². The number of anilines is 1. The van der Waals surface area contributed by atoms with Crippen molar-refractivity contribution >= 4 is 52.7 Å². The van der Waals surface area contributed by atoms with E-state index in [0.717, 1.165) is 0 Å². The highest BCUT2D eigenvalue weighted by molar-refractivity contribution is 6.31. The van der Waals surface area contributed by atoms with Gasteiger partial charge in [0.25, 0.3) is 5.91 Å². The molecule has 2 atom stereocenters. The zero-order chi connectivity index (χ0) is 24.7. The highest BCUT2D eigenvalue weighted by Crippen LogP contribution is 2.18. The molecule has 174 valence electrons. The first-order valence-electron chi connectivity index (χ1n) is 9.76. The number of carbonyl (C=O) groups excluding carboxylic acids is 3. The Hall–Kier alpha value is -3.88. The number of carbonyl (C=O) groups is 4. The molecule has 0 aromatic heterocycles. The zero-order valence-corrected chi connectivity index (χ0v) is 18.8. The largest absolute Gasteiger partial charge is 0.478 e. The van der Waals surface area contributed by atoms with Crippen molar-refractivity contribution in [2.75, 3.05) is 5.32 Å². The zero-order valence-electron chi connectivity index (χ0n) is 17.3. The van der Waals surface area contributed by atoms with E-state index in [9.17, 15) is 24.3 Å². The van der Waals surface area contributed by atoms with Gasteiger partial charge in [-0.25, -0.2) is 14.4 Å². The third kappa shape index (κ3) is 6.57. The molecular weight excluding hydrogens is 485 g/mol. The summed E-state index contributed by atoms with van der Waals surface area (Å²) in [6.07, 6.45) is -4.17. The van der Waals surface area contributed by atoms with Crippen molar-refractivity contribution < 1.29 is 33.8 Å². The van der Waals surface area contributed by atoms with E-state index >= 15 is 0 Å². The second-order valence-electron chi connectivity index (χ2n) is 6.86. The van der Waals surface area contributed by atoms with Gasteiger partial charge in [0.05, 0.1) is 11.1 Å². The number of halogens is 2. The van der Waals surface area contributed by atoms with Gasteiger partial charge in [0, 0.05) is 15.7 Å². The van der Waals surface area contributed by atoms with Gasteiger partial charge in [-0.05, 0) is 60.7 Å². The minimum Gasteiger partial charge on any atom is -0.478 e. The number of nitrogens with one attached hydrogen (secondary N) is 1. The summed E-state index contributed by atoms with van der Waals surface area (Å²) in [5.74, 6) is -4.77. The molecule has 3 aromatic rings. The number of hydrogen-bond donors (Lipinski definition) is 2. The average Bonchev–Trinajstić information content (AvgIpc) is 2.82. The molecule has 0 fully saturated rings. The number of amides is 1. The lowest BCUT2D eigenvalue weighted by Crippen LogP contribution is -2.48. The minimum atomic E-state index is -2.15. The van der Waals surface area contributed by atoms with Crippen LogP contribution in [0.25, 0.3) is 0 Å². The Morgan fingerprint density at radius 2 is 1.12 bits per heavy atom. The summed E-state index contributed by atoms with van der Waals surface area (Å²) in [7, 11) is 0. The van der Waals surface area contributed by atoms with E-state index in [1.54, 1.807) is 30.3 Å². The van der Waals surface area contributed by atoms with Gasteiger partial charge in [0.1, 0.15) is 0 Å². The summed E-state index contributed by atoms with van der Waals surface area (Å²) < 4.78 is 10.3. The molecule has 0 aliphatic rings. The first-order valence-corrected chi connectivity index (χ1v) is 10.5. The molecule has 0 saturated heterocycles. The Bertz CT molecular complexity index is 1180. The van der Waals surface area contributed by atoms with Crippen molar-refractivity contribution in [1.29, 1.82) is 0 Å². The molecule has 0 unspecified atom stereocenters. The van der Waals surface area contributed by atoms with Gasteiger partial charge < -0.3 is 19.9 Å². The third-order valence-corrected chi connectivity index (χ3v) is 4.95. The van der Waals surface area contributed by atoms with Gasteiger partial charge in [-0.3, -0.25) is 4.79 Å². The molecule has 0 heterocycles. The summed E-state index contributed by atoms with van der Waals surface area (Å²) in [6.45, 7) is 0. The van der Waals surface area contributed by atoms with Crippen LogP contribution in [0.2, 0.25) is 10.0 Å². The van der Waals surface area contributed by atoms with Crippen LogP contribution in [0.5, 0.6) is 0 Å². The predicted octanol–water partition coefficient (Wildman–Crippen LogP) is 4.47. The number of rotatable bonds is 8. The lowest BCUT2D eigenvalue weighted by atomic mass is 10.1. The number of benzene rings is 3. The molecule has 0 radical (unpaired) electrons. The molecule has 0 saturated carbocycles. The van der Waals surface area contributed by atoms with Crippen molar-refractivity contribution in [1.82, 2.24) is 0 Å². The van der Waals surface area contributed by atoms with Crippen LogP contribution in [0.15, 0.2) is 78.9 Å². The second kappa shape index (κ2) is 11.3. The van der Waals surface area contributed by atoms with Crippen molar-refractivity contribution in [3.63, 3.8) is 0 Å². The number of para-hydroxylation sites is 1. The predicted molar refractivity (Wildman–Crippen MR) is 124 cm³/mol. The third-order valence-electron chi connectivity index (χ3n) is 4.45. The highest BCUT2D eigenvalue weighted by Gasteiger charge is 2.41. The minimum absolute atomic E-state index is 0.00933. The monoisotopic (exact) mass is 501 g/mol. The molecule has 0 aliphatic carbocycles. The molecule has 0 aliphatic heterocycles. The topological polar surface area (TPSA) is 119 Å². The van der Waals surface area contributed by atoms with Crippen molar-refractivity contribution in [2.45, 2.75) is 12.2 Å². The number of hydrogen-bond acceptors (Lipinski definition) is 6. The fourth-order valence-corrected chi connectivity index (χ4v) is 3.02. The van der Waals surface area contributed by atoms with E-state index in [4.69, 9.17) is 32.7 Å². The van der Waals surface area contributed by atoms with Crippen molar-refractivity contribution in [2.24, 2.45) is 0 Å². The van der Waals surface area contributed by atoms with Crippen LogP contribution < -0.4 is 5.32 Å². The first-order chi connectivity index (χ1) is 16.2. The van der Waals surface area contributed by atoms with Crippen LogP contribution in [0.4, 0.5) is 5.69 Å². The lowest BCUT2D eigenvalue weighted by Gasteiger charge is -2.23. The fourth-order valence-electron chi connectivity index (χ4n) is 2.77. The van der Waals surface area contributed by atoms with E-state index < -0.39 is 36.0 Å². The summed E-state index contributed by atoms with van der Waals surface area (Å²) in [5.41, 5.74) is 0.310. The quantitative estimate of drug-likeness (QED) is 0.437. The maximum Gasteiger partial charge on any atom is 0.349 e. The average molecular weight is 502 g/mol. The maximum atomic E-state index is 13.0. The van der Waals surface area contributed by atoms with Gasteiger partial charge >= 0.3 is 17.9 Å². The highest BCUT2D eigenvalue weighted by atomic mass is 35.5. The molecule has 2 N–H and O–H groups in total. The summed E-state index contributed by atoms with van der Waals surface area (Å²) in [5, 5.41) is 12.9. The summed E-state index contributed by atoms with van der Waals surface area (Å²) >= 11 is 11.6. The first kappa shape index (κ1) is 24.8. The molecule has 34 heavy (non-hydrogen) atoms. The van der Waals surface area contributed by atoms with Crippen molar-refractivity contribution in [3.05, 3.63) is 100 Å². The van der Waals surface area contributed by atoms with Gasteiger partial charge in [-0.15, -0.1) is 0 Å². The number of ether oxygens (including phenoxy) is 2. The molecule has 0 spiro atoms. The van der Waals surface area contributed by atoms with E-state index in [1.165, 1.54) is 48.5 Å². The standard InChI is InChI=1S/C24H17Cl2NO7/c25-16-10-6-14(7-11-16)23(31)33-19(21(28)27-18-4-2-1-3-5-18)20(22(29)30)34-24(32)15-8-12-17(26)13-9-15/h1-13,19-20H,(H,27,28)(H,29,30)/t19-,20+/m0/s1. The van der Waals surface area contributed by atoms with Gasteiger partial charge in [0.2, 0.25) is 12.2 Å². The Morgan fingerprint density at radius 3 is 1.56 bits per heavy atom. The van der Waals surface area contributed by atoms with Gasteiger partial charge in [-0.2, -0.15) is 0 Å². The van der Waals surface area contributed by atoms with E-state index in [0.29, 0.717) is 15.7 Å². The number of carboxylic acids is 1. The summed E-state index contributed by atoms with van der Waals surface area (Å²) in [6, 6.07) is 19.1. The maximum absolute atomic E-state index is 13.0. The van der Waals surface area contributed by atoms with E-state index in [2.05, 4.69) is 5.32 Å². The molecular formula is C24H17Cl2NO7. The fraction of sp³-hybridized carbons (Fsp3) is 0.0833. The molecule has 3 aromatic carbocycles. The van der Waals surface area contributed by atoms with Crippen LogP contribution in [0.1, 0.15) is 20.7 Å². The molecule has 1 amide bonds. The number of esters is 2. The van der Waals surface area contributed by atoms with Gasteiger partial charge in [0.15, 0.2) is 0 Å². The normalized spacial score (nSPS) is 12.2. The van der Waals surface area contributed by atoms with Crippen molar-refractivity contribution in [3.8, 4) is 0 Å². The van der Waals surface area contributed by atoms with Crippen LogP contribution >= 0.6 is 23.2 Å². The lowest BCUT2D eigenvalue weighted by molar-refractivity contribution is -0.157. The summed E-state index contributed by atoms with van der Waals surface area (Å²) in [4.78, 5) is 50.1. The Kier molecular flexibility index (Phi) is 8.24. The van der Waals surface area contributed by atoms with Gasteiger partial charge in [-0.1, -0.05) is 41.4 Å². The smallest absolute Gasteiger partial charge is 0.349 e. The number of aliphatic carboxylic acids is 1. The SMILES string of the molecule is O=C(O[C@H](C(=O)Nc1ccccc1)[C@@H](OC(=O)c1ccc(Cl)cc1)C(=O)O)c1ccc(Cl)cc1. The van der Waals surface area contributed by atoms with Crippen LogP contribution in [0.3, 0.4) is 0 Å². The second-order valence-corrected chi connectivity index (χ2v) is 7.73. The number of carboxylic acid groups (broad SMARTS) is 1. The Labute approximate surface area is 204 Å². The van der Waals surface area contributed by atoms with Crippen LogP contribution in [-0.2, 0) is 19.1 Å². The molecule has 0 bridgehead atoms. The van der Waals surface area contributed by atoms with E-state index in [-0.39, 0.29) is 11.1 Å².